The van der Waals surface area contributed by atoms with Crippen LogP contribution in [0.2, 0.25) is 5.02 Å². The van der Waals surface area contributed by atoms with Crippen LogP contribution >= 0.6 is 23.2 Å². The molecule has 1 aromatic rings. The molecule has 1 rings (SSSR count). The minimum Gasteiger partial charge on any atom is -0.323 e. The second-order valence-electron chi connectivity index (χ2n) is 3.54. The lowest BCUT2D eigenvalue weighted by molar-refractivity contribution is -0.115. The zero-order valence-corrected chi connectivity index (χ0v) is 10.4. The molecule has 0 aliphatic heterocycles. The van der Waals surface area contributed by atoms with Gasteiger partial charge in [-0.3, -0.25) is 4.79 Å². The number of nitrogens with one attached hydrogen (secondary N) is 1. The Hall–Kier alpha value is -0.730. The highest BCUT2D eigenvalue weighted by Crippen LogP contribution is 2.27. The van der Waals surface area contributed by atoms with Gasteiger partial charge in [0.05, 0.1) is 10.7 Å². The quantitative estimate of drug-likeness (QED) is 0.794. The molecule has 0 aliphatic rings. The van der Waals surface area contributed by atoms with E-state index in [9.17, 15) is 4.79 Å². The molecule has 1 amide bonds. The molecule has 0 aromatic heterocycles. The molecule has 15 heavy (non-hydrogen) atoms. The van der Waals surface area contributed by atoms with Gasteiger partial charge in [0.2, 0.25) is 5.91 Å². The third kappa shape index (κ3) is 3.11. The maximum Gasteiger partial charge on any atom is 0.242 e. The topological polar surface area (TPSA) is 29.1 Å². The zero-order valence-electron chi connectivity index (χ0n) is 8.90. The van der Waals surface area contributed by atoms with Gasteiger partial charge in [-0.05, 0) is 38.0 Å². The second-order valence-corrected chi connectivity index (χ2v) is 4.61. The van der Waals surface area contributed by atoms with Crippen molar-refractivity contribution >= 4 is 34.8 Å². The summed E-state index contributed by atoms with van der Waals surface area (Å²) in [6.45, 7) is 5.47. The number of hydrogen-bond acceptors (Lipinski definition) is 1. The van der Waals surface area contributed by atoms with Crippen molar-refractivity contribution in [1.29, 1.82) is 0 Å². The highest BCUT2D eigenvalue weighted by molar-refractivity contribution is 6.35. The van der Waals surface area contributed by atoms with Crippen LogP contribution < -0.4 is 5.32 Å². The van der Waals surface area contributed by atoms with E-state index in [1.165, 1.54) is 0 Å². The largest absolute Gasteiger partial charge is 0.323 e. The fourth-order valence-electron chi connectivity index (χ4n) is 1.30. The zero-order chi connectivity index (χ0) is 11.6. The average Bonchev–Trinajstić information content (AvgIpc) is 2.10. The summed E-state index contributed by atoms with van der Waals surface area (Å²) in [6, 6.07) is 3.77. The van der Waals surface area contributed by atoms with E-state index >= 15 is 0 Å². The Bertz CT molecular complexity index is 365. The third-order valence-corrected chi connectivity index (χ3v) is 2.54. The maximum absolute atomic E-state index is 11.4. The fourth-order valence-corrected chi connectivity index (χ4v) is 1.72. The van der Waals surface area contributed by atoms with Crippen LogP contribution in [0.3, 0.4) is 0 Å². The van der Waals surface area contributed by atoms with Crippen molar-refractivity contribution in [2.45, 2.75) is 26.1 Å². The lowest BCUT2D eigenvalue weighted by Gasteiger charge is -2.12. The number of amides is 1. The summed E-state index contributed by atoms with van der Waals surface area (Å²) in [7, 11) is 0. The lowest BCUT2D eigenvalue weighted by Crippen LogP contribution is -2.21. The van der Waals surface area contributed by atoms with E-state index in [4.69, 9.17) is 23.2 Å². The van der Waals surface area contributed by atoms with Gasteiger partial charge in [0.15, 0.2) is 0 Å². The van der Waals surface area contributed by atoms with Crippen LogP contribution in [-0.2, 0) is 4.79 Å². The van der Waals surface area contributed by atoms with E-state index in [0.717, 1.165) is 11.1 Å². The summed E-state index contributed by atoms with van der Waals surface area (Å²) in [6.07, 6.45) is 0. The molecule has 0 unspecified atom stereocenters. The van der Waals surface area contributed by atoms with Crippen LogP contribution in [-0.4, -0.2) is 11.3 Å². The molecule has 0 fully saturated rings. The van der Waals surface area contributed by atoms with E-state index in [1.54, 1.807) is 6.92 Å². The fraction of sp³-hybridized carbons (Fsp3) is 0.364. The van der Waals surface area contributed by atoms with Gasteiger partial charge in [0.1, 0.15) is 5.38 Å². The molecule has 0 bridgehead atoms. The first kappa shape index (κ1) is 12.3. The highest BCUT2D eigenvalue weighted by Gasteiger charge is 2.13. The van der Waals surface area contributed by atoms with Crippen LogP contribution in [0.4, 0.5) is 5.69 Å². The monoisotopic (exact) mass is 245 g/mol. The standard InChI is InChI=1S/C11H13Cl2NO/c1-6-4-7(2)10(9(13)5-6)14-11(15)8(3)12/h4-5,8H,1-3H3,(H,14,15)/t8-/m0/s1. The van der Waals surface area contributed by atoms with Crippen LogP contribution in [0.25, 0.3) is 0 Å². The number of anilines is 1. The highest BCUT2D eigenvalue weighted by atomic mass is 35.5. The number of benzene rings is 1. The molecule has 0 saturated heterocycles. The number of halogens is 2. The molecule has 1 N–H and O–H groups in total. The van der Waals surface area contributed by atoms with Gasteiger partial charge in [0, 0.05) is 0 Å². The van der Waals surface area contributed by atoms with E-state index in [-0.39, 0.29) is 5.91 Å². The molecule has 0 spiro atoms. The van der Waals surface area contributed by atoms with Crippen LogP contribution in [0.15, 0.2) is 12.1 Å². The van der Waals surface area contributed by atoms with Gasteiger partial charge in [-0.15, -0.1) is 11.6 Å². The van der Waals surface area contributed by atoms with Crippen molar-refractivity contribution in [1.82, 2.24) is 0 Å². The first-order valence-corrected chi connectivity index (χ1v) is 5.45. The summed E-state index contributed by atoms with van der Waals surface area (Å²) in [5.74, 6) is -0.245. The molecule has 0 radical (unpaired) electrons. The van der Waals surface area contributed by atoms with E-state index < -0.39 is 5.38 Å². The van der Waals surface area contributed by atoms with E-state index in [0.29, 0.717) is 10.7 Å². The molecule has 0 aliphatic carbocycles. The Labute approximate surface area is 99.6 Å². The normalized spacial score (nSPS) is 12.3. The van der Waals surface area contributed by atoms with Crippen LogP contribution in [0.1, 0.15) is 18.1 Å². The summed E-state index contributed by atoms with van der Waals surface area (Å²) in [4.78, 5) is 11.4. The molecule has 1 aromatic carbocycles. The number of aryl methyl sites for hydroxylation is 2. The Morgan fingerprint density at radius 3 is 2.47 bits per heavy atom. The predicted octanol–water partition coefficient (Wildman–Crippen LogP) is 3.52. The Balaban J connectivity index is 3.00. The lowest BCUT2D eigenvalue weighted by atomic mass is 10.1. The summed E-state index contributed by atoms with van der Waals surface area (Å²) >= 11 is 11.7. The van der Waals surface area contributed by atoms with Gasteiger partial charge in [-0.1, -0.05) is 17.7 Å². The van der Waals surface area contributed by atoms with Crippen molar-refractivity contribution < 1.29 is 4.79 Å². The van der Waals surface area contributed by atoms with Gasteiger partial charge in [-0.2, -0.15) is 0 Å². The molecule has 0 heterocycles. The Morgan fingerprint density at radius 1 is 1.40 bits per heavy atom. The molecular weight excluding hydrogens is 233 g/mol. The maximum atomic E-state index is 11.4. The smallest absolute Gasteiger partial charge is 0.242 e. The van der Waals surface area contributed by atoms with Gasteiger partial charge < -0.3 is 5.32 Å². The molecule has 82 valence electrons. The number of carbonyl (C=O) groups is 1. The molecular formula is C11H13Cl2NO. The van der Waals surface area contributed by atoms with Crippen molar-refractivity contribution in [2.24, 2.45) is 0 Å². The minimum absolute atomic E-state index is 0.245. The molecule has 0 saturated carbocycles. The Morgan fingerprint density at radius 2 is 2.00 bits per heavy atom. The minimum atomic E-state index is -0.568. The SMILES string of the molecule is Cc1cc(C)c(NC(=O)[C@H](C)Cl)c(Cl)c1. The number of rotatable bonds is 2. The van der Waals surface area contributed by atoms with Gasteiger partial charge in [-0.25, -0.2) is 0 Å². The number of hydrogen-bond donors (Lipinski definition) is 1. The van der Waals surface area contributed by atoms with Gasteiger partial charge >= 0.3 is 0 Å². The first-order chi connectivity index (χ1) is 6.91. The first-order valence-electron chi connectivity index (χ1n) is 4.63. The molecule has 2 nitrogen and oxygen atoms in total. The summed E-state index contributed by atoms with van der Waals surface area (Å²) in [5, 5.41) is 2.67. The van der Waals surface area contributed by atoms with Crippen molar-refractivity contribution in [3.63, 3.8) is 0 Å². The second kappa shape index (κ2) is 4.86. The van der Waals surface area contributed by atoms with Crippen LogP contribution in [0.5, 0.6) is 0 Å². The van der Waals surface area contributed by atoms with E-state index in [2.05, 4.69) is 5.32 Å². The van der Waals surface area contributed by atoms with Crippen molar-refractivity contribution in [3.8, 4) is 0 Å². The van der Waals surface area contributed by atoms with Crippen molar-refractivity contribution in [2.75, 3.05) is 5.32 Å². The number of alkyl halides is 1. The summed E-state index contributed by atoms with van der Waals surface area (Å²) < 4.78 is 0. The average molecular weight is 246 g/mol. The number of carbonyl (C=O) groups excluding carboxylic acids is 1. The Kier molecular flexibility index (Phi) is 4.00. The summed E-state index contributed by atoms with van der Waals surface area (Å²) in [5.41, 5.74) is 2.64. The van der Waals surface area contributed by atoms with Crippen molar-refractivity contribution in [3.05, 3.63) is 28.3 Å². The third-order valence-electron chi connectivity index (χ3n) is 2.04. The molecule has 4 heteroatoms. The molecule has 1 atom stereocenters. The van der Waals surface area contributed by atoms with Gasteiger partial charge in [0.25, 0.3) is 0 Å². The van der Waals surface area contributed by atoms with Crippen LogP contribution in [0, 0.1) is 13.8 Å². The predicted molar refractivity (Wildman–Crippen MR) is 64.9 cm³/mol. The van der Waals surface area contributed by atoms with E-state index in [1.807, 2.05) is 26.0 Å².